The summed E-state index contributed by atoms with van der Waals surface area (Å²) >= 11 is 1.13. The molecule has 3 heterocycles. The Hall–Kier alpha value is -4.31. The number of ether oxygens (including phenoxy) is 3. The Labute approximate surface area is 191 Å². The topological polar surface area (TPSA) is 108 Å². The number of fused-ring (bicyclic) bond motifs is 3. The zero-order valence-corrected chi connectivity index (χ0v) is 18.0. The fraction of sp³-hybridized carbons (Fsp3) is 0.0870. The van der Waals surface area contributed by atoms with E-state index in [9.17, 15) is 9.90 Å². The van der Waals surface area contributed by atoms with Crippen molar-refractivity contribution in [1.29, 1.82) is 0 Å². The number of hydrogen-bond donors (Lipinski definition) is 2. The van der Waals surface area contributed by atoms with Crippen LogP contribution in [0.1, 0.15) is 10.5 Å². The summed E-state index contributed by atoms with van der Waals surface area (Å²) in [7, 11) is 1.57. The maximum Gasteiger partial charge on any atom is 0.355 e. The van der Waals surface area contributed by atoms with E-state index in [0.717, 1.165) is 28.1 Å². The van der Waals surface area contributed by atoms with Crippen LogP contribution in [-0.2, 0) is 0 Å². The van der Waals surface area contributed by atoms with E-state index in [1.807, 2.05) is 30.3 Å². The SMILES string of the molecule is COc1ccc2c(Nc3ccc4nsnc4c3)c(C(=O)O)n(-c3ccc4c(c3)OCO4)c2c1. The lowest BCUT2D eigenvalue weighted by molar-refractivity contribution is 0.0689. The molecule has 0 amide bonds. The molecule has 3 aromatic carbocycles. The van der Waals surface area contributed by atoms with Gasteiger partial charge in [-0.3, -0.25) is 0 Å². The van der Waals surface area contributed by atoms with Crippen molar-refractivity contribution in [2.75, 3.05) is 19.2 Å². The number of hydrogen-bond acceptors (Lipinski definition) is 8. The summed E-state index contributed by atoms with van der Waals surface area (Å²) in [6, 6.07) is 16.3. The van der Waals surface area contributed by atoms with Crippen LogP contribution in [0, 0.1) is 0 Å². The number of benzene rings is 3. The van der Waals surface area contributed by atoms with Gasteiger partial charge >= 0.3 is 5.97 Å². The maximum atomic E-state index is 12.6. The molecule has 0 unspecified atom stereocenters. The first-order valence-corrected chi connectivity index (χ1v) is 10.7. The van der Waals surface area contributed by atoms with E-state index in [4.69, 9.17) is 14.2 Å². The van der Waals surface area contributed by atoms with Gasteiger partial charge in [-0.25, -0.2) is 4.79 Å². The average molecular weight is 460 g/mol. The second-order valence-corrected chi connectivity index (χ2v) is 7.91. The number of carbonyl (C=O) groups is 1. The van der Waals surface area contributed by atoms with Gasteiger partial charge in [-0.05, 0) is 42.5 Å². The maximum absolute atomic E-state index is 12.6. The fourth-order valence-corrected chi connectivity index (χ4v) is 4.54. The number of anilines is 2. The highest BCUT2D eigenvalue weighted by Gasteiger charge is 2.26. The van der Waals surface area contributed by atoms with Crippen LogP contribution in [0.2, 0.25) is 0 Å². The molecule has 0 radical (unpaired) electrons. The summed E-state index contributed by atoms with van der Waals surface area (Å²) in [4.78, 5) is 12.6. The zero-order valence-electron chi connectivity index (χ0n) is 17.2. The zero-order chi connectivity index (χ0) is 22.5. The van der Waals surface area contributed by atoms with Gasteiger partial charge in [-0.15, -0.1) is 0 Å². The van der Waals surface area contributed by atoms with Crippen molar-refractivity contribution < 1.29 is 24.1 Å². The average Bonchev–Trinajstić information content (AvgIpc) is 3.55. The Balaban J connectivity index is 1.60. The molecule has 33 heavy (non-hydrogen) atoms. The first-order chi connectivity index (χ1) is 16.1. The molecule has 0 fully saturated rings. The normalized spacial score (nSPS) is 12.4. The molecule has 0 bridgehead atoms. The van der Waals surface area contributed by atoms with Gasteiger partial charge in [-0.1, -0.05) is 0 Å². The second kappa shape index (κ2) is 7.38. The Bertz CT molecular complexity index is 1560. The van der Waals surface area contributed by atoms with Gasteiger partial charge in [0, 0.05) is 23.2 Å². The first-order valence-electron chi connectivity index (χ1n) is 9.97. The van der Waals surface area contributed by atoms with Crippen molar-refractivity contribution in [3.05, 3.63) is 60.3 Å². The molecule has 0 saturated heterocycles. The van der Waals surface area contributed by atoms with Gasteiger partial charge in [0.05, 0.1) is 35.7 Å². The molecule has 0 atom stereocenters. The molecule has 1 aliphatic rings. The molecule has 9 nitrogen and oxygen atoms in total. The predicted octanol–water partition coefficient (Wildman–Crippen LogP) is 4.81. The van der Waals surface area contributed by atoms with Crippen LogP contribution in [0.3, 0.4) is 0 Å². The lowest BCUT2D eigenvalue weighted by atomic mass is 10.2. The summed E-state index contributed by atoms with van der Waals surface area (Å²) in [6.45, 7) is 0.131. The Morgan fingerprint density at radius 2 is 1.91 bits per heavy atom. The van der Waals surface area contributed by atoms with Crippen LogP contribution in [0.25, 0.3) is 27.6 Å². The van der Waals surface area contributed by atoms with Crippen LogP contribution in [0.15, 0.2) is 54.6 Å². The predicted molar refractivity (Wildman–Crippen MR) is 124 cm³/mol. The molecule has 6 rings (SSSR count). The first kappa shape index (κ1) is 19.4. The third-order valence-electron chi connectivity index (χ3n) is 5.52. The molecule has 0 aliphatic carbocycles. The van der Waals surface area contributed by atoms with Crippen molar-refractivity contribution in [2.45, 2.75) is 0 Å². The summed E-state index contributed by atoms with van der Waals surface area (Å²) in [6.07, 6.45) is 0. The van der Waals surface area contributed by atoms with Crippen LogP contribution < -0.4 is 19.5 Å². The van der Waals surface area contributed by atoms with Crippen LogP contribution in [-0.4, -0.2) is 38.3 Å². The van der Waals surface area contributed by atoms with Crippen molar-refractivity contribution in [3.8, 4) is 22.9 Å². The summed E-state index contributed by atoms with van der Waals surface area (Å²) in [5, 5.41) is 14.3. The second-order valence-electron chi connectivity index (χ2n) is 7.38. The van der Waals surface area contributed by atoms with E-state index >= 15 is 0 Å². The van der Waals surface area contributed by atoms with Crippen molar-refractivity contribution in [3.63, 3.8) is 0 Å². The van der Waals surface area contributed by atoms with Gasteiger partial charge in [0.25, 0.3) is 0 Å². The Kier molecular flexibility index (Phi) is 4.34. The van der Waals surface area contributed by atoms with E-state index in [1.54, 1.807) is 35.9 Å². The minimum absolute atomic E-state index is 0.0774. The quantitative estimate of drug-likeness (QED) is 0.385. The van der Waals surface area contributed by atoms with E-state index < -0.39 is 5.97 Å². The molecule has 0 saturated carbocycles. The van der Waals surface area contributed by atoms with Crippen molar-refractivity contribution in [1.82, 2.24) is 13.3 Å². The highest BCUT2D eigenvalue weighted by molar-refractivity contribution is 7.00. The Morgan fingerprint density at radius 1 is 1.06 bits per heavy atom. The number of carboxylic acids is 1. The van der Waals surface area contributed by atoms with Gasteiger partial charge < -0.3 is 29.2 Å². The van der Waals surface area contributed by atoms with Crippen molar-refractivity contribution >= 4 is 51.0 Å². The number of nitrogens with zero attached hydrogens (tertiary/aromatic N) is 3. The number of aromatic nitrogens is 3. The van der Waals surface area contributed by atoms with E-state index in [0.29, 0.717) is 39.8 Å². The Morgan fingerprint density at radius 3 is 2.76 bits per heavy atom. The van der Waals surface area contributed by atoms with E-state index in [2.05, 4.69) is 14.1 Å². The molecule has 2 aromatic heterocycles. The van der Waals surface area contributed by atoms with Gasteiger partial charge in [0.15, 0.2) is 17.2 Å². The standard InChI is InChI=1S/C23H16N4O5S/c1-30-14-4-5-15-18(10-14)27(13-3-7-19-20(9-13)32-11-31-19)22(23(28)29)21(15)24-12-2-6-16-17(8-12)26-33-25-16/h2-10,24H,11H2,1H3,(H,28,29). The number of carboxylic acid groups (broad SMARTS) is 1. The number of methoxy groups -OCH3 is 1. The van der Waals surface area contributed by atoms with Gasteiger partial charge in [0.2, 0.25) is 6.79 Å². The minimum atomic E-state index is -1.08. The lowest BCUT2D eigenvalue weighted by Crippen LogP contribution is -2.09. The number of rotatable bonds is 5. The summed E-state index contributed by atoms with van der Waals surface area (Å²) in [5.41, 5.74) is 4.07. The van der Waals surface area contributed by atoms with Gasteiger partial charge in [0.1, 0.15) is 16.8 Å². The summed E-state index contributed by atoms with van der Waals surface area (Å²) in [5.74, 6) is 0.708. The molecule has 2 N–H and O–H groups in total. The fourth-order valence-electron chi connectivity index (χ4n) is 4.02. The molecule has 164 valence electrons. The smallest absolute Gasteiger partial charge is 0.355 e. The van der Waals surface area contributed by atoms with E-state index in [1.165, 1.54) is 0 Å². The summed E-state index contributed by atoms with van der Waals surface area (Å²) < 4.78 is 26.5. The minimum Gasteiger partial charge on any atom is -0.497 e. The highest BCUT2D eigenvalue weighted by Crippen LogP contribution is 2.40. The molecule has 1 aliphatic heterocycles. The van der Waals surface area contributed by atoms with Crippen LogP contribution in [0.5, 0.6) is 17.2 Å². The third kappa shape index (κ3) is 3.11. The molecular formula is C23H16N4O5S. The van der Waals surface area contributed by atoms with Crippen LogP contribution in [0.4, 0.5) is 11.4 Å². The molecule has 0 spiro atoms. The van der Waals surface area contributed by atoms with Gasteiger partial charge in [-0.2, -0.15) is 8.75 Å². The van der Waals surface area contributed by atoms with E-state index in [-0.39, 0.29) is 12.5 Å². The highest BCUT2D eigenvalue weighted by atomic mass is 32.1. The number of nitrogens with one attached hydrogen (secondary N) is 1. The number of aromatic carboxylic acids is 1. The monoisotopic (exact) mass is 460 g/mol. The van der Waals surface area contributed by atoms with Crippen molar-refractivity contribution in [2.24, 2.45) is 0 Å². The largest absolute Gasteiger partial charge is 0.497 e. The molecule has 5 aromatic rings. The molecule has 10 heteroatoms. The molecular weight excluding hydrogens is 444 g/mol. The van der Waals surface area contributed by atoms with Crippen LogP contribution >= 0.6 is 11.7 Å². The third-order valence-corrected chi connectivity index (χ3v) is 6.07. The lowest BCUT2D eigenvalue weighted by Gasteiger charge is -2.11.